The van der Waals surface area contributed by atoms with E-state index in [-0.39, 0.29) is 29.4 Å². The van der Waals surface area contributed by atoms with E-state index in [1.54, 1.807) is 0 Å². The Morgan fingerprint density at radius 1 is 1.19 bits per heavy atom. The second-order valence-electron chi connectivity index (χ2n) is 5.60. The van der Waals surface area contributed by atoms with Crippen molar-refractivity contribution in [3.8, 4) is 0 Å². The van der Waals surface area contributed by atoms with Crippen LogP contribution in [0.25, 0.3) is 0 Å². The molecule has 0 unspecified atom stereocenters. The van der Waals surface area contributed by atoms with Crippen molar-refractivity contribution in [2.24, 2.45) is 4.99 Å². The Balaban J connectivity index is 0.00000400. The maximum atomic E-state index is 4.26. The van der Waals surface area contributed by atoms with Gasteiger partial charge in [-0.05, 0) is 18.7 Å². The first-order valence-corrected chi connectivity index (χ1v) is 8.39. The molecule has 2 N–H and O–H groups in total. The summed E-state index contributed by atoms with van der Waals surface area (Å²) >= 11 is 1.83. The lowest BCUT2D eigenvalue weighted by atomic mass is 9.84. The molecule has 21 heavy (non-hydrogen) atoms. The number of nitrogens with zero attached hydrogens (tertiary/aromatic N) is 1. The molecule has 0 aliphatic rings. The van der Waals surface area contributed by atoms with E-state index in [1.807, 2.05) is 18.8 Å². The number of benzene rings is 1. The molecule has 0 amide bonds. The van der Waals surface area contributed by atoms with Crippen LogP contribution in [0.15, 0.2) is 29.3 Å². The smallest absolute Gasteiger partial charge is 0.191 e. The van der Waals surface area contributed by atoms with Crippen molar-refractivity contribution < 1.29 is 0 Å². The molecule has 0 fully saturated rings. The van der Waals surface area contributed by atoms with E-state index in [1.165, 1.54) is 11.1 Å². The zero-order chi connectivity index (χ0) is 15.0. The van der Waals surface area contributed by atoms with Crippen LogP contribution in [0.4, 0.5) is 0 Å². The van der Waals surface area contributed by atoms with E-state index in [0.717, 1.165) is 24.8 Å². The number of halogens is 1. The molecule has 0 bridgehead atoms. The number of rotatable bonds is 6. The molecule has 1 aromatic carbocycles. The van der Waals surface area contributed by atoms with Gasteiger partial charge in [-0.15, -0.1) is 24.0 Å². The minimum Gasteiger partial charge on any atom is -0.356 e. The molecule has 0 radical (unpaired) electrons. The third-order valence-electron chi connectivity index (χ3n) is 3.35. The van der Waals surface area contributed by atoms with Crippen LogP contribution < -0.4 is 10.6 Å². The van der Waals surface area contributed by atoms with Crippen molar-refractivity contribution in [3.63, 3.8) is 0 Å². The summed E-state index contributed by atoms with van der Waals surface area (Å²) in [5.41, 5.74) is 2.72. The lowest BCUT2D eigenvalue weighted by molar-refractivity contribution is 0.509. The molecule has 0 saturated carbocycles. The van der Waals surface area contributed by atoms with Crippen molar-refractivity contribution in [1.29, 1.82) is 0 Å². The Morgan fingerprint density at radius 3 is 2.33 bits per heavy atom. The van der Waals surface area contributed by atoms with Crippen LogP contribution in [0.3, 0.4) is 0 Å². The normalized spacial score (nSPS) is 11.8. The van der Waals surface area contributed by atoms with Gasteiger partial charge in [0.05, 0.1) is 0 Å². The van der Waals surface area contributed by atoms with Gasteiger partial charge in [0.25, 0.3) is 0 Å². The highest BCUT2D eigenvalue weighted by atomic mass is 127. The first-order valence-electron chi connectivity index (χ1n) is 7.00. The highest BCUT2D eigenvalue weighted by Crippen LogP contribution is 2.22. The number of thioether (sulfide) groups is 1. The predicted octanol–water partition coefficient (Wildman–Crippen LogP) is 3.42. The van der Waals surface area contributed by atoms with Gasteiger partial charge in [0.15, 0.2) is 5.96 Å². The summed E-state index contributed by atoms with van der Waals surface area (Å²) in [5, 5.41) is 6.73. The van der Waals surface area contributed by atoms with Crippen molar-refractivity contribution in [3.05, 3.63) is 35.4 Å². The van der Waals surface area contributed by atoms with Crippen LogP contribution in [-0.4, -0.2) is 38.1 Å². The molecule has 0 aliphatic heterocycles. The van der Waals surface area contributed by atoms with Gasteiger partial charge >= 0.3 is 0 Å². The number of aliphatic imine (C=N–C) groups is 1. The summed E-state index contributed by atoms with van der Waals surface area (Å²) in [6.45, 7) is 8.41. The summed E-state index contributed by atoms with van der Waals surface area (Å²) in [6.07, 6.45) is 2.11. The maximum absolute atomic E-state index is 4.26. The summed E-state index contributed by atoms with van der Waals surface area (Å²) in [4.78, 5) is 4.26. The molecule has 120 valence electrons. The highest BCUT2D eigenvalue weighted by molar-refractivity contribution is 14.0. The summed E-state index contributed by atoms with van der Waals surface area (Å²) in [7, 11) is 1.81. The van der Waals surface area contributed by atoms with Crippen molar-refractivity contribution >= 4 is 41.7 Å². The Labute approximate surface area is 150 Å². The molecule has 0 spiro atoms. The van der Waals surface area contributed by atoms with Crippen LogP contribution in [0.5, 0.6) is 0 Å². The quantitative estimate of drug-likeness (QED) is 0.320. The molecular formula is C16H28IN3S. The average molecular weight is 421 g/mol. The zero-order valence-corrected chi connectivity index (χ0v) is 16.8. The van der Waals surface area contributed by atoms with Crippen molar-refractivity contribution in [2.45, 2.75) is 26.2 Å². The SMILES string of the molecule is CN=C(NCCSC)NCC(C)(C)c1ccc(C)cc1.I. The second kappa shape index (κ2) is 10.3. The van der Waals surface area contributed by atoms with Gasteiger partial charge in [0.1, 0.15) is 0 Å². The van der Waals surface area contributed by atoms with Crippen LogP contribution in [0.2, 0.25) is 0 Å². The average Bonchev–Trinajstić information content (AvgIpc) is 2.43. The van der Waals surface area contributed by atoms with Crippen LogP contribution in [0.1, 0.15) is 25.0 Å². The topological polar surface area (TPSA) is 36.4 Å². The Kier molecular flexibility index (Phi) is 10.1. The van der Waals surface area contributed by atoms with E-state index in [4.69, 9.17) is 0 Å². The van der Waals surface area contributed by atoms with E-state index >= 15 is 0 Å². The molecule has 0 saturated heterocycles. The minimum absolute atomic E-state index is 0. The van der Waals surface area contributed by atoms with Crippen LogP contribution >= 0.6 is 35.7 Å². The first kappa shape index (κ1) is 20.6. The van der Waals surface area contributed by atoms with Gasteiger partial charge in [0, 0.05) is 31.3 Å². The lowest BCUT2D eigenvalue weighted by Crippen LogP contribution is -2.44. The number of nitrogens with one attached hydrogen (secondary N) is 2. The van der Waals surface area contributed by atoms with E-state index in [0.29, 0.717) is 0 Å². The van der Waals surface area contributed by atoms with Gasteiger partial charge in [-0.3, -0.25) is 4.99 Å². The molecule has 1 rings (SSSR count). The third-order valence-corrected chi connectivity index (χ3v) is 3.97. The second-order valence-corrected chi connectivity index (χ2v) is 6.58. The Hall–Kier alpha value is -0.430. The summed E-state index contributed by atoms with van der Waals surface area (Å²) < 4.78 is 0. The van der Waals surface area contributed by atoms with E-state index in [2.05, 4.69) is 66.9 Å². The summed E-state index contributed by atoms with van der Waals surface area (Å²) in [6, 6.07) is 8.76. The Morgan fingerprint density at radius 2 is 1.81 bits per heavy atom. The van der Waals surface area contributed by atoms with E-state index in [9.17, 15) is 0 Å². The molecule has 0 aliphatic carbocycles. The molecule has 3 nitrogen and oxygen atoms in total. The number of guanidine groups is 1. The standard InChI is InChI=1S/C16H27N3S.HI/c1-13-6-8-14(9-7-13)16(2,3)12-19-15(17-4)18-10-11-20-5;/h6-9H,10-12H2,1-5H3,(H2,17,18,19);1H. The van der Waals surface area contributed by atoms with Gasteiger partial charge < -0.3 is 10.6 Å². The molecular weight excluding hydrogens is 393 g/mol. The molecule has 0 heterocycles. The van der Waals surface area contributed by atoms with Crippen molar-refractivity contribution in [2.75, 3.05) is 32.1 Å². The fourth-order valence-corrected chi connectivity index (χ4v) is 2.21. The van der Waals surface area contributed by atoms with Gasteiger partial charge in [0.2, 0.25) is 0 Å². The third kappa shape index (κ3) is 7.40. The van der Waals surface area contributed by atoms with Gasteiger partial charge in [-0.25, -0.2) is 0 Å². The number of hydrogen-bond acceptors (Lipinski definition) is 2. The summed E-state index contributed by atoms with van der Waals surface area (Å²) in [5.74, 6) is 1.96. The van der Waals surface area contributed by atoms with Crippen molar-refractivity contribution in [1.82, 2.24) is 10.6 Å². The lowest BCUT2D eigenvalue weighted by Gasteiger charge is -2.27. The minimum atomic E-state index is 0. The molecule has 5 heteroatoms. The van der Waals surface area contributed by atoms with Crippen LogP contribution in [-0.2, 0) is 5.41 Å². The van der Waals surface area contributed by atoms with E-state index < -0.39 is 0 Å². The molecule has 1 aromatic rings. The van der Waals surface area contributed by atoms with Crippen LogP contribution in [0, 0.1) is 6.92 Å². The monoisotopic (exact) mass is 421 g/mol. The molecule has 0 atom stereocenters. The number of aryl methyl sites for hydroxylation is 1. The van der Waals surface area contributed by atoms with Gasteiger partial charge in [-0.1, -0.05) is 43.7 Å². The van der Waals surface area contributed by atoms with Gasteiger partial charge in [-0.2, -0.15) is 11.8 Å². The fourth-order valence-electron chi connectivity index (χ4n) is 1.90. The molecule has 0 aromatic heterocycles. The zero-order valence-electron chi connectivity index (χ0n) is 13.7. The maximum Gasteiger partial charge on any atom is 0.191 e. The predicted molar refractivity (Wildman–Crippen MR) is 107 cm³/mol. The Bertz CT molecular complexity index is 430. The largest absolute Gasteiger partial charge is 0.356 e. The highest BCUT2D eigenvalue weighted by Gasteiger charge is 2.20. The first-order chi connectivity index (χ1) is 9.49. The fraction of sp³-hybridized carbons (Fsp3) is 0.562. The number of hydrogen-bond donors (Lipinski definition) is 2.